The smallest absolute Gasteiger partial charge is 0.144 e. The van der Waals surface area contributed by atoms with Crippen molar-refractivity contribution < 1.29 is 9.13 Å². The van der Waals surface area contributed by atoms with Crippen LogP contribution in [0, 0.1) is 5.82 Å². The quantitative estimate of drug-likeness (QED) is 0.798. The van der Waals surface area contributed by atoms with Crippen LogP contribution in [0.5, 0.6) is 11.5 Å². The Morgan fingerprint density at radius 3 is 2.95 bits per heavy atom. The summed E-state index contributed by atoms with van der Waals surface area (Å²) in [5.41, 5.74) is 0.892. The summed E-state index contributed by atoms with van der Waals surface area (Å²) in [4.78, 5) is 4.26. The largest absolute Gasteiger partial charge is 0.456 e. The summed E-state index contributed by atoms with van der Waals surface area (Å²) in [5, 5.41) is 3.28. The predicted molar refractivity (Wildman–Crippen MR) is 80.4 cm³/mol. The Balaban J connectivity index is 2.09. The monoisotopic (exact) mass is 338 g/mol. The molecule has 0 unspecified atom stereocenters. The molecule has 106 valence electrons. The van der Waals surface area contributed by atoms with E-state index in [1.807, 2.05) is 6.07 Å². The number of ether oxygens (including phenoxy) is 1. The van der Waals surface area contributed by atoms with E-state index in [0.717, 1.165) is 18.7 Å². The molecule has 0 saturated carbocycles. The molecule has 0 atom stereocenters. The van der Waals surface area contributed by atoms with Crippen molar-refractivity contribution in [3.05, 3.63) is 52.5 Å². The predicted octanol–water partition coefficient (Wildman–Crippen LogP) is 4.28. The zero-order valence-corrected chi connectivity index (χ0v) is 12.8. The number of nitrogens with zero attached hydrogens (tertiary/aromatic N) is 1. The van der Waals surface area contributed by atoms with Crippen LogP contribution < -0.4 is 10.1 Å². The van der Waals surface area contributed by atoms with Crippen molar-refractivity contribution in [3.63, 3.8) is 0 Å². The molecule has 0 radical (unpaired) electrons. The van der Waals surface area contributed by atoms with Crippen molar-refractivity contribution >= 4 is 15.9 Å². The zero-order valence-electron chi connectivity index (χ0n) is 11.2. The van der Waals surface area contributed by atoms with Crippen molar-refractivity contribution in [1.29, 1.82) is 0 Å². The lowest BCUT2D eigenvalue weighted by Crippen LogP contribution is -2.14. The first-order chi connectivity index (χ1) is 9.69. The summed E-state index contributed by atoms with van der Waals surface area (Å²) in [5.74, 6) is 0.755. The lowest BCUT2D eigenvalue weighted by molar-refractivity contribution is 0.471. The first-order valence-corrected chi connectivity index (χ1v) is 7.27. The van der Waals surface area contributed by atoms with Crippen LogP contribution in [-0.2, 0) is 6.54 Å². The van der Waals surface area contributed by atoms with Gasteiger partial charge in [0.15, 0.2) is 0 Å². The van der Waals surface area contributed by atoms with Gasteiger partial charge in [-0.3, -0.25) is 4.98 Å². The summed E-state index contributed by atoms with van der Waals surface area (Å²) in [7, 11) is 0. The van der Waals surface area contributed by atoms with E-state index in [-0.39, 0.29) is 5.82 Å². The Labute approximate surface area is 126 Å². The van der Waals surface area contributed by atoms with Crippen molar-refractivity contribution in [2.45, 2.75) is 19.9 Å². The molecule has 2 aromatic rings. The molecular formula is C15H16BrFN2O. The molecule has 20 heavy (non-hydrogen) atoms. The average molecular weight is 339 g/mol. The third-order valence-electron chi connectivity index (χ3n) is 2.64. The molecule has 2 rings (SSSR count). The van der Waals surface area contributed by atoms with E-state index in [4.69, 9.17) is 4.74 Å². The van der Waals surface area contributed by atoms with E-state index in [1.54, 1.807) is 18.3 Å². The molecule has 1 aromatic carbocycles. The van der Waals surface area contributed by atoms with E-state index in [9.17, 15) is 4.39 Å². The van der Waals surface area contributed by atoms with Gasteiger partial charge in [0.2, 0.25) is 0 Å². The minimum atomic E-state index is -0.331. The van der Waals surface area contributed by atoms with Gasteiger partial charge in [0.25, 0.3) is 0 Å². The molecule has 0 aliphatic heterocycles. The minimum Gasteiger partial charge on any atom is -0.456 e. The van der Waals surface area contributed by atoms with Gasteiger partial charge in [-0.05, 0) is 47.1 Å². The Hall–Kier alpha value is -1.46. The van der Waals surface area contributed by atoms with Crippen LogP contribution >= 0.6 is 15.9 Å². The van der Waals surface area contributed by atoms with Gasteiger partial charge in [0.05, 0.1) is 10.2 Å². The third-order valence-corrected chi connectivity index (χ3v) is 3.30. The first-order valence-electron chi connectivity index (χ1n) is 6.47. The Bertz CT molecular complexity index is 578. The molecule has 3 nitrogen and oxygen atoms in total. The highest BCUT2D eigenvalue weighted by Crippen LogP contribution is 2.30. The first kappa shape index (κ1) is 14.9. The summed E-state index contributed by atoms with van der Waals surface area (Å²) in [6, 6.07) is 7.94. The highest BCUT2D eigenvalue weighted by molar-refractivity contribution is 9.10. The van der Waals surface area contributed by atoms with Gasteiger partial charge in [-0.1, -0.05) is 6.92 Å². The number of benzene rings is 1. The molecule has 0 amide bonds. The standard InChI is InChI=1S/C15H16BrFN2O/c1-2-6-18-10-12-9-13(5-7-19-12)20-15-8-11(17)3-4-14(15)16/h3-5,7-9,18H,2,6,10H2,1H3. The van der Waals surface area contributed by atoms with Crippen LogP contribution in [0.15, 0.2) is 41.0 Å². The second kappa shape index (κ2) is 7.36. The maximum atomic E-state index is 13.2. The number of rotatable bonds is 6. The van der Waals surface area contributed by atoms with Gasteiger partial charge in [0, 0.05) is 24.9 Å². The summed E-state index contributed by atoms with van der Waals surface area (Å²) in [6.07, 6.45) is 2.76. The van der Waals surface area contributed by atoms with Crippen LogP contribution in [0.3, 0.4) is 0 Å². The Morgan fingerprint density at radius 1 is 1.30 bits per heavy atom. The fourth-order valence-electron chi connectivity index (χ4n) is 1.69. The second-order valence-electron chi connectivity index (χ2n) is 4.34. The van der Waals surface area contributed by atoms with E-state index >= 15 is 0 Å². The summed E-state index contributed by atoms with van der Waals surface area (Å²) < 4.78 is 19.6. The molecule has 0 spiro atoms. The van der Waals surface area contributed by atoms with Crippen LogP contribution in [-0.4, -0.2) is 11.5 Å². The highest BCUT2D eigenvalue weighted by Gasteiger charge is 2.05. The van der Waals surface area contributed by atoms with Gasteiger partial charge >= 0.3 is 0 Å². The van der Waals surface area contributed by atoms with Crippen LogP contribution in [0.25, 0.3) is 0 Å². The van der Waals surface area contributed by atoms with Gasteiger partial charge in [-0.25, -0.2) is 4.39 Å². The second-order valence-corrected chi connectivity index (χ2v) is 5.19. The van der Waals surface area contributed by atoms with E-state index < -0.39 is 0 Å². The molecule has 1 heterocycles. The maximum absolute atomic E-state index is 13.2. The van der Waals surface area contributed by atoms with Crippen molar-refractivity contribution in [3.8, 4) is 11.5 Å². The molecule has 0 bridgehead atoms. The van der Waals surface area contributed by atoms with Crippen LogP contribution in [0.4, 0.5) is 4.39 Å². The van der Waals surface area contributed by atoms with Crippen LogP contribution in [0.2, 0.25) is 0 Å². The van der Waals surface area contributed by atoms with Crippen molar-refractivity contribution in [2.75, 3.05) is 6.54 Å². The lowest BCUT2D eigenvalue weighted by atomic mass is 10.3. The number of pyridine rings is 1. The number of aromatic nitrogens is 1. The van der Waals surface area contributed by atoms with Gasteiger partial charge < -0.3 is 10.1 Å². The summed E-state index contributed by atoms with van der Waals surface area (Å²) >= 11 is 3.34. The van der Waals surface area contributed by atoms with Gasteiger partial charge in [-0.2, -0.15) is 0 Å². The Kier molecular flexibility index (Phi) is 5.49. The third kappa shape index (κ3) is 4.28. The topological polar surface area (TPSA) is 34.1 Å². The van der Waals surface area contributed by atoms with E-state index in [2.05, 4.69) is 33.2 Å². The van der Waals surface area contributed by atoms with E-state index in [1.165, 1.54) is 12.1 Å². The number of hydrogen-bond donors (Lipinski definition) is 1. The van der Waals surface area contributed by atoms with Crippen molar-refractivity contribution in [1.82, 2.24) is 10.3 Å². The van der Waals surface area contributed by atoms with Crippen LogP contribution in [0.1, 0.15) is 19.0 Å². The van der Waals surface area contributed by atoms with Crippen molar-refractivity contribution in [2.24, 2.45) is 0 Å². The molecule has 0 aliphatic carbocycles. The molecular weight excluding hydrogens is 323 g/mol. The fourth-order valence-corrected chi connectivity index (χ4v) is 2.02. The maximum Gasteiger partial charge on any atom is 0.144 e. The molecule has 1 aromatic heterocycles. The average Bonchev–Trinajstić information content (AvgIpc) is 2.44. The minimum absolute atomic E-state index is 0.331. The molecule has 0 fully saturated rings. The number of hydrogen-bond acceptors (Lipinski definition) is 3. The molecule has 0 aliphatic rings. The number of nitrogens with one attached hydrogen (secondary N) is 1. The molecule has 0 saturated heterocycles. The molecule has 1 N–H and O–H groups in total. The van der Waals surface area contributed by atoms with Gasteiger partial charge in [-0.15, -0.1) is 0 Å². The zero-order chi connectivity index (χ0) is 14.4. The van der Waals surface area contributed by atoms with Gasteiger partial charge in [0.1, 0.15) is 17.3 Å². The highest BCUT2D eigenvalue weighted by atomic mass is 79.9. The Morgan fingerprint density at radius 2 is 2.15 bits per heavy atom. The fraction of sp³-hybridized carbons (Fsp3) is 0.267. The lowest BCUT2D eigenvalue weighted by Gasteiger charge is -2.09. The number of halogens is 2. The van der Waals surface area contributed by atoms with E-state index in [0.29, 0.717) is 22.5 Å². The molecule has 5 heteroatoms. The summed E-state index contributed by atoms with van der Waals surface area (Å²) in [6.45, 7) is 3.75. The normalized spacial score (nSPS) is 10.6. The SMILES string of the molecule is CCCNCc1cc(Oc2cc(F)ccc2Br)ccn1.